The van der Waals surface area contributed by atoms with E-state index in [1.807, 2.05) is 30.3 Å². The van der Waals surface area contributed by atoms with Gasteiger partial charge >= 0.3 is 0 Å². The summed E-state index contributed by atoms with van der Waals surface area (Å²) in [5.74, 6) is 1.52. The van der Waals surface area contributed by atoms with E-state index in [-0.39, 0.29) is 15.9 Å². The van der Waals surface area contributed by atoms with Crippen molar-refractivity contribution in [1.29, 1.82) is 0 Å². The van der Waals surface area contributed by atoms with E-state index in [1.165, 1.54) is 11.8 Å². The highest BCUT2D eigenvalue weighted by Gasteiger charge is 2.15. The highest BCUT2D eigenvalue weighted by molar-refractivity contribution is 8.00. The van der Waals surface area contributed by atoms with Crippen molar-refractivity contribution in [3.05, 3.63) is 96.4 Å². The molecule has 0 saturated carbocycles. The molecule has 0 radical (unpaired) electrons. The third-order valence-electron chi connectivity index (χ3n) is 4.35. The van der Waals surface area contributed by atoms with Crippen molar-refractivity contribution in [2.24, 2.45) is 0 Å². The second-order valence-electron chi connectivity index (χ2n) is 6.84. The molecule has 33 heavy (non-hydrogen) atoms. The lowest BCUT2D eigenvalue weighted by Gasteiger charge is -2.09. The Labute approximate surface area is 200 Å². The molecule has 0 aliphatic carbocycles. The van der Waals surface area contributed by atoms with Crippen LogP contribution in [0.25, 0.3) is 0 Å². The van der Waals surface area contributed by atoms with Gasteiger partial charge in [-0.05, 0) is 72.1 Å². The van der Waals surface area contributed by atoms with E-state index in [1.54, 1.807) is 66.0 Å². The number of carbonyl (C=O) groups excluding carboxylic acids is 1. The first kappa shape index (κ1) is 22.9. The third-order valence-corrected chi connectivity index (χ3v) is 8.14. The van der Waals surface area contributed by atoms with Crippen LogP contribution in [0.1, 0.15) is 0 Å². The van der Waals surface area contributed by atoms with Crippen molar-refractivity contribution in [2.75, 3.05) is 15.8 Å². The Morgan fingerprint density at radius 2 is 1.48 bits per heavy atom. The lowest BCUT2D eigenvalue weighted by molar-refractivity contribution is -0.113. The molecule has 0 unspecified atom stereocenters. The second-order valence-corrected chi connectivity index (χ2v) is 10.7. The molecular weight excluding hydrogens is 476 g/mol. The lowest BCUT2D eigenvalue weighted by atomic mass is 10.3. The molecule has 1 amide bonds. The summed E-state index contributed by atoms with van der Waals surface area (Å²) >= 11 is 2.52. The highest BCUT2D eigenvalue weighted by atomic mass is 32.2. The van der Waals surface area contributed by atoms with E-state index >= 15 is 0 Å². The van der Waals surface area contributed by atoms with Crippen molar-refractivity contribution in [1.82, 2.24) is 0 Å². The molecule has 0 bridgehead atoms. The lowest BCUT2D eigenvalue weighted by Crippen LogP contribution is -2.13. The molecule has 9 heteroatoms. The second kappa shape index (κ2) is 10.6. The number of ether oxygens (including phenoxy) is 1. The number of carbonyl (C=O) groups is 1. The summed E-state index contributed by atoms with van der Waals surface area (Å²) in [6, 6.07) is 26.8. The average Bonchev–Trinajstić information content (AvgIpc) is 3.37. The van der Waals surface area contributed by atoms with Gasteiger partial charge in [-0.1, -0.05) is 24.3 Å². The van der Waals surface area contributed by atoms with Gasteiger partial charge in [-0.15, -0.1) is 23.1 Å². The van der Waals surface area contributed by atoms with Crippen LogP contribution >= 0.6 is 23.1 Å². The fourth-order valence-corrected chi connectivity index (χ4v) is 5.57. The first-order valence-electron chi connectivity index (χ1n) is 9.90. The van der Waals surface area contributed by atoms with Gasteiger partial charge in [0.2, 0.25) is 5.91 Å². The normalized spacial score (nSPS) is 11.0. The number of rotatable bonds is 9. The predicted molar refractivity (Wildman–Crippen MR) is 134 cm³/mol. The number of hydrogen-bond acceptors (Lipinski definition) is 6. The molecule has 4 aromatic rings. The number of benzene rings is 3. The van der Waals surface area contributed by atoms with Crippen LogP contribution < -0.4 is 14.8 Å². The van der Waals surface area contributed by atoms with Gasteiger partial charge in [-0.3, -0.25) is 9.52 Å². The Kier molecular flexibility index (Phi) is 7.33. The number of thioether (sulfide) groups is 1. The van der Waals surface area contributed by atoms with Gasteiger partial charge in [0.15, 0.2) is 0 Å². The number of anilines is 2. The van der Waals surface area contributed by atoms with Crippen LogP contribution in [-0.2, 0) is 14.8 Å². The number of thiophene rings is 1. The zero-order chi connectivity index (χ0) is 23.1. The number of para-hydroxylation sites is 1. The molecule has 0 saturated heterocycles. The summed E-state index contributed by atoms with van der Waals surface area (Å²) in [6.07, 6.45) is 0. The van der Waals surface area contributed by atoms with Crippen molar-refractivity contribution in [3.63, 3.8) is 0 Å². The SMILES string of the molecule is O=C(CSc1ccc(NS(=O)(=O)c2cccs2)cc1)Nc1ccc(Oc2ccccc2)cc1. The van der Waals surface area contributed by atoms with Crippen LogP contribution in [0.2, 0.25) is 0 Å². The van der Waals surface area contributed by atoms with Crippen molar-refractivity contribution in [3.8, 4) is 11.5 Å². The zero-order valence-corrected chi connectivity index (χ0v) is 19.8. The maximum Gasteiger partial charge on any atom is 0.271 e. The van der Waals surface area contributed by atoms with Crippen molar-refractivity contribution >= 4 is 50.4 Å². The Balaban J connectivity index is 1.26. The highest BCUT2D eigenvalue weighted by Crippen LogP contribution is 2.25. The summed E-state index contributed by atoms with van der Waals surface area (Å²) in [5, 5.41) is 4.57. The van der Waals surface area contributed by atoms with Crippen LogP contribution in [-0.4, -0.2) is 20.1 Å². The first-order valence-corrected chi connectivity index (χ1v) is 13.2. The van der Waals surface area contributed by atoms with Gasteiger partial charge in [0, 0.05) is 16.3 Å². The summed E-state index contributed by atoms with van der Waals surface area (Å²) in [7, 11) is -3.58. The Morgan fingerprint density at radius 1 is 0.818 bits per heavy atom. The van der Waals surface area contributed by atoms with Gasteiger partial charge in [-0.2, -0.15) is 0 Å². The van der Waals surface area contributed by atoms with Gasteiger partial charge in [-0.25, -0.2) is 8.42 Å². The predicted octanol–water partition coefficient (Wildman–Crippen LogP) is 6.07. The fraction of sp³-hybridized carbons (Fsp3) is 0.0417. The molecular formula is C24H20N2O4S3. The molecule has 6 nitrogen and oxygen atoms in total. The molecule has 0 fully saturated rings. The smallest absolute Gasteiger partial charge is 0.271 e. The summed E-state index contributed by atoms with van der Waals surface area (Å²) in [4.78, 5) is 13.2. The van der Waals surface area contributed by atoms with Crippen LogP contribution in [0.15, 0.2) is 105 Å². The summed E-state index contributed by atoms with van der Waals surface area (Å²) < 4.78 is 33.1. The third kappa shape index (κ3) is 6.61. The van der Waals surface area contributed by atoms with Crippen LogP contribution in [0, 0.1) is 0 Å². The minimum atomic E-state index is -3.58. The number of nitrogens with one attached hydrogen (secondary N) is 2. The number of sulfonamides is 1. The van der Waals surface area contributed by atoms with Crippen molar-refractivity contribution in [2.45, 2.75) is 9.10 Å². The number of hydrogen-bond donors (Lipinski definition) is 2. The van der Waals surface area contributed by atoms with E-state index in [0.717, 1.165) is 22.0 Å². The Hall–Kier alpha value is -3.27. The molecule has 2 N–H and O–H groups in total. The molecule has 0 aliphatic rings. The van der Waals surface area contributed by atoms with E-state index in [2.05, 4.69) is 10.0 Å². The van der Waals surface area contributed by atoms with Gasteiger partial charge in [0.05, 0.1) is 5.75 Å². The maximum atomic E-state index is 12.3. The molecule has 168 valence electrons. The standard InChI is InChI=1S/C24H20N2O4S3/c27-23(25-18-8-12-21(13-9-18)30-20-5-2-1-3-6-20)17-32-22-14-10-19(11-15-22)26-33(28,29)24-7-4-16-31-24/h1-16,26H,17H2,(H,25,27). The molecule has 0 atom stereocenters. The van der Waals surface area contributed by atoms with Crippen molar-refractivity contribution < 1.29 is 17.9 Å². The Morgan fingerprint density at radius 3 is 2.15 bits per heavy atom. The summed E-state index contributed by atoms with van der Waals surface area (Å²) in [5.41, 5.74) is 1.15. The minimum Gasteiger partial charge on any atom is -0.457 e. The van der Waals surface area contributed by atoms with Gasteiger partial charge in [0.1, 0.15) is 15.7 Å². The van der Waals surface area contributed by atoms with Crippen LogP contribution in [0.5, 0.6) is 11.5 Å². The minimum absolute atomic E-state index is 0.140. The van der Waals surface area contributed by atoms with Crippen LogP contribution in [0.4, 0.5) is 11.4 Å². The van der Waals surface area contributed by atoms with E-state index < -0.39 is 10.0 Å². The molecule has 1 aromatic heterocycles. The monoisotopic (exact) mass is 496 g/mol. The van der Waals surface area contributed by atoms with E-state index in [0.29, 0.717) is 17.1 Å². The van der Waals surface area contributed by atoms with E-state index in [9.17, 15) is 13.2 Å². The molecule has 0 aliphatic heterocycles. The average molecular weight is 497 g/mol. The molecule has 3 aromatic carbocycles. The maximum absolute atomic E-state index is 12.3. The van der Waals surface area contributed by atoms with Crippen LogP contribution in [0.3, 0.4) is 0 Å². The number of amides is 1. The fourth-order valence-electron chi connectivity index (χ4n) is 2.82. The molecule has 4 rings (SSSR count). The summed E-state index contributed by atoms with van der Waals surface area (Å²) in [6.45, 7) is 0. The van der Waals surface area contributed by atoms with Gasteiger partial charge in [0.25, 0.3) is 10.0 Å². The zero-order valence-electron chi connectivity index (χ0n) is 17.3. The first-order chi connectivity index (χ1) is 16.0. The molecule has 1 heterocycles. The van der Waals surface area contributed by atoms with Gasteiger partial charge < -0.3 is 10.1 Å². The molecule has 0 spiro atoms. The largest absolute Gasteiger partial charge is 0.457 e. The topological polar surface area (TPSA) is 84.5 Å². The quantitative estimate of drug-likeness (QED) is 0.275. The Bertz CT molecular complexity index is 1290. The van der Waals surface area contributed by atoms with E-state index in [4.69, 9.17) is 4.74 Å².